The molecule has 37 heavy (non-hydrogen) atoms. The summed E-state index contributed by atoms with van der Waals surface area (Å²) in [6.07, 6.45) is 2.67. The van der Waals surface area contributed by atoms with Gasteiger partial charge in [-0.1, -0.05) is 37.3 Å². The third-order valence-corrected chi connectivity index (χ3v) is 8.74. The molecular weight excluding hydrogens is 488 g/mol. The van der Waals surface area contributed by atoms with Gasteiger partial charge in [-0.2, -0.15) is 9.97 Å². The van der Waals surface area contributed by atoms with Crippen molar-refractivity contribution < 1.29 is 19.0 Å². The molecule has 3 aliphatic rings. The van der Waals surface area contributed by atoms with Gasteiger partial charge < -0.3 is 24.0 Å². The van der Waals surface area contributed by atoms with Crippen molar-refractivity contribution in [1.29, 1.82) is 0 Å². The van der Waals surface area contributed by atoms with Crippen LogP contribution in [0.25, 0.3) is 10.2 Å². The van der Waals surface area contributed by atoms with Gasteiger partial charge in [-0.3, -0.25) is 4.79 Å². The van der Waals surface area contributed by atoms with Crippen LogP contribution in [0.5, 0.6) is 6.01 Å². The lowest BCUT2D eigenvalue weighted by Crippen LogP contribution is -2.51. The first-order valence-corrected chi connectivity index (χ1v) is 14.0. The van der Waals surface area contributed by atoms with Gasteiger partial charge in [-0.25, -0.2) is 0 Å². The second-order valence-corrected chi connectivity index (χ2v) is 11.7. The predicted molar refractivity (Wildman–Crippen MR) is 143 cm³/mol. The summed E-state index contributed by atoms with van der Waals surface area (Å²) in [5.74, 6) is 0.557. The van der Waals surface area contributed by atoms with Gasteiger partial charge in [-0.15, -0.1) is 11.3 Å². The van der Waals surface area contributed by atoms with Gasteiger partial charge in [0.15, 0.2) is 5.79 Å². The summed E-state index contributed by atoms with van der Waals surface area (Å²) >= 11 is 1.68. The van der Waals surface area contributed by atoms with Gasteiger partial charge in [-0.05, 0) is 44.7 Å². The molecule has 1 atom stereocenters. The molecule has 3 aromatic rings. The standard InChI is InChI=1S/C28H34N4O4S/c1-4-21-16-22-23(29-26(30-24(22)37-21)34-17-20-18-35-27(2,3)36-20)31-12-14-32(15-13-31)25(33)28(10-11-28)19-8-6-5-7-9-19/h5-9,16,20H,4,10-15,17-18H2,1-3H3. The number of thiophene rings is 1. The molecule has 0 bridgehead atoms. The van der Waals surface area contributed by atoms with Gasteiger partial charge in [0.1, 0.15) is 23.4 Å². The van der Waals surface area contributed by atoms with E-state index >= 15 is 0 Å². The lowest BCUT2D eigenvalue weighted by atomic mass is 9.94. The molecule has 2 aromatic heterocycles. The highest BCUT2D eigenvalue weighted by Crippen LogP contribution is 2.49. The second-order valence-electron chi connectivity index (χ2n) is 10.6. The number of hydrogen-bond donors (Lipinski definition) is 0. The van der Waals surface area contributed by atoms with E-state index < -0.39 is 5.79 Å². The van der Waals surface area contributed by atoms with Crippen LogP contribution in [-0.2, 0) is 26.1 Å². The van der Waals surface area contributed by atoms with Gasteiger partial charge in [0, 0.05) is 31.1 Å². The molecule has 9 heteroatoms. The lowest BCUT2D eigenvalue weighted by molar-refractivity contribution is -0.141. The molecule has 6 rings (SSSR count). The highest BCUT2D eigenvalue weighted by Gasteiger charge is 2.53. The first-order chi connectivity index (χ1) is 17.9. The summed E-state index contributed by atoms with van der Waals surface area (Å²) in [5.41, 5.74) is 0.823. The number of ether oxygens (including phenoxy) is 3. The van der Waals surface area contributed by atoms with Crippen LogP contribution in [0.3, 0.4) is 0 Å². The fourth-order valence-electron chi connectivity index (χ4n) is 5.36. The Hall–Kier alpha value is -2.75. The average Bonchev–Trinajstić information content (AvgIpc) is 3.50. The SMILES string of the molecule is CCc1cc2c(N3CCN(C(=O)C4(c5ccccc5)CC4)CC3)nc(OCC3COC(C)(C)O3)nc2s1. The van der Waals surface area contributed by atoms with Crippen LogP contribution in [-0.4, -0.2) is 72.1 Å². The molecule has 3 fully saturated rings. The largest absolute Gasteiger partial charge is 0.461 e. The first kappa shape index (κ1) is 24.6. The Morgan fingerprint density at radius 2 is 1.89 bits per heavy atom. The van der Waals surface area contributed by atoms with E-state index in [-0.39, 0.29) is 17.4 Å². The van der Waals surface area contributed by atoms with Gasteiger partial charge in [0.2, 0.25) is 5.91 Å². The van der Waals surface area contributed by atoms with Crippen molar-refractivity contribution in [2.24, 2.45) is 0 Å². The Morgan fingerprint density at radius 3 is 2.54 bits per heavy atom. The fraction of sp³-hybridized carbons (Fsp3) is 0.536. The number of hydrogen-bond acceptors (Lipinski definition) is 8. The van der Waals surface area contributed by atoms with Crippen molar-refractivity contribution in [2.45, 2.75) is 57.3 Å². The quantitative estimate of drug-likeness (QED) is 0.461. The van der Waals surface area contributed by atoms with Crippen LogP contribution in [0.15, 0.2) is 36.4 Å². The number of fused-ring (bicyclic) bond motifs is 1. The highest BCUT2D eigenvalue weighted by atomic mass is 32.1. The Labute approximate surface area is 221 Å². The molecule has 4 heterocycles. The monoisotopic (exact) mass is 522 g/mol. The summed E-state index contributed by atoms with van der Waals surface area (Å²) in [7, 11) is 0. The minimum atomic E-state index is -0.593. The number of amides is 1. The Bertz CT molecular complexity index is 1280. The maximum absolute atomic E-state index is 13.5. The van der Waals surface area contributed by atoms with E-state index in [1.165, 1.54) is 4.88 Å². The van der Waals surface area contributed by atoms with Crippen LogP contribution in [0.2, 0.25) is 0 Å². The van der Waals surface area contributed by atoms with Crippen LogP contribution in [0, 0.1) is 0 Å². The number of rotatable bonds is 7. The Kier molecular flexibility index (Phi) is 6.33. The molecule has 0 spiro atoms. The molecule has 1 amide bonds. The molecule has 1 aliphatic carbocycles. The first-order valence-electron chi connectivity index (χ1n) is 13.2. The third-order valence-electron chi connectivity index (χ3n) is 7.57. The van der Waals surface area contributed by atoms with E-state index in [9.17, 15) is 4.79 Å². The summed E-state index contributed by atoms with van der Waals surface area (Å²) in [4.78, 5) is 29.6. The molecular formula is C28H34N4O4S. The van der Waals surface area contributed by atoms with Crippen molar-refractivity contribution in [3.63, 3.8) is 0 Å². The number of carbonyl (C=O) groups excluding carboxylic acids is 1. The van der Waals surface area contributed by atoms with Gasteiger partial charge in [0.05, 0.1) is 17.4 Å². The number of benzene rings is 1. The van der Waals surface area contributed by atoms with Crippen LogP contribution >= 0.6 is 11.3 Å². The zero-order chi connectivity index (χ0) is 25.6. The minimum absolute atomic E-state index is 0.152. The molecule has 2 aliphatic heterocycles. The fourth-order valence-corrected chi connectivity index (χ4v) is 6.32. The lowest BCUT2D eigenvalue weighted by Gasteiger charge is -2.37. The van der Waals surface area contributed by atoms with E-state index in [1.807, 2.05) is 36.9 Å². The number of nitrogens with zero attached hydrogens (tertiary/aromatic N) is 4. The van der Waals surface area contributed by atoms with Crippen molar-refractivity contribution in [3.05, 3.63) is 46.8 Å². The molecule has 196 valence electrons. The summed E-state index contributed by atoms with van der Waals surface area (Å²) in [5, 5.41) is 1.05. The molecule has 8 nitrogen and oxygen atoms in total. The smallest absolute Gasteiger partial charge is 0.319 e. The van der Waals surface area contributed by atoms with Crippen LogP contribution in [0.1, 0.15) is 44.1 Å². The van der Waals surface area contributed by atoms with Gasteiger partial charge in [0.25, 0.3) is 0 Å². The molecule has 1 saturated carbocycles. The Morgan fingerprint density at radius 1 is 1.14 bits per heavy atom. The van der Waals surface area contributed by atoms with E-state index in [2.05, 4.69) is 30.0 Å². The highest BCUT2D eigenvalue weighted by molar-refractivity contribution is 7.18. The number of anilines is 1. The summed E-state index contributed by atoms with van der Waals surface area (Å²) in [6.45, 7) is 9.61. The molecule has 1 unspecified atom stereocenters. The normalized spacial score (nSPS) is 22.4. The predicted octanol–water partition coefficient (Wildman–Crippen LogP) is 4.16. The van der Waals surface area contributed by atoms with Crippen LogP contribution < -0.4 is 9.64 Å². The zero-order valence-corrected chi connectivity index (χ0v) is 22.6. The number of carbonyl (C=O) groups is 1. The van der Waals surface area contributed by atoms with Crippen molar-refractivity contribution in [2.75, 3.05) is 44.3 Å². The van der Waals surface area contributed by atoms with Crippen LogP contribution in [0.4, 0.5) is 5.82 Å². The van der Waals surface area contributed by atoms with E-state index in [0.717, 1.165) is 53.9 Å². The second kappa shape index (κ2) is 9.53. The van der Waals surface area contributed by atoms with Gasteiger partial charge >= 0.3 is 6.01 Å². The average molecular weight is 523 g/mol. The maximum Gasteiger partial charge on any atom is 0.319 e. The minimum Gasteiger partial charge on any atom is -0.461 e. The Balaban J connectivity index is 1.18. The van der Waals surface area contributed by atoms with E-state index in [0.29, 0.717) is 32.3 Å². The molecule has 1 aromatic carbocycles. The maximum atomic E-state index is 13.5. The summed E-state index contributed by atoms with van der Waals surface area (Å²) < 4.78 is 17.5. The number of aromatic nitrogens is 2. The third kappa shape index (κ3) is 4.80. The van der Waals surface area contributed by atoms with E-state index in [4.69, 9.17) is 24.2 Å². The molecule has 0 radical (unpaired) electrons. The van der Waals surface area contributed by atoms with Crippen molar-refractivity contribution in [1.82, 2.24) is 14.9 Å². The van der Waals surface area contributed by atoms with Crippen molar-refractivity contribution in [3.8, 4) is 6.01 Å². The number of piperazine rings is 1. The summed E-state index contributed by atoms with van der Waals surface area (Å²) in [6, 6.07) is 12.8. The molecule has 2 saturated heterocycles. The van der Waals surface area contributed by atoms with E-state index in [1.54, 1.807) is 11.3 Å². The van der Waals surface area contributed by atoms with Crippen molar-refractivity contribution >= 4 is 33.3 Å². The topological polar surface area (TPSA) is 77.0 Å². The molecule has 0 N–H and O–H groups in total. The zero-order valence-electron chi connectivity index (χ0n) is 21.7. The number of aryl methyl sites for hydroxylation is 1.